The number of halogens is 1. The van der Waals surface area contributed by atoms with Crippen molar-refractivity contribution in [3.63, 3.8) is 0 Å². The zero-order valence-corrected chi connectivity index (χ0v) is 24.1. The zero-order chi connectivity index (χ0) is 30.6. The molecule has 5 rings (SSSR count). The maximum atomic E-state index is 14.1. The van der Waals surface area contributed by atoms with Gasteiger partial charge in [0.1, 0.15) is 47.1 Å². The largest absolute Gasteiger partial charge is 0.489 e. The van der Waals surface area contributed by atoms with Crippen LogP contribution in [-0.2, 0) is 16.8 Å². The SMILES string of the molecule is CC(C)(C)c1ccc(OCC(=O)Oc2ccc3c(c2)OC(N)=C(C#N)C3c2cccc(OCc3ccccc3F)c2)cc1. The molecule has 0 aromatic heterocycles. The van der Waals surface area contributed by atoms with Crippen LogP contribution in [0, 0.1) is 17.1 Å². The van der Waals surface area contributed by atoms with Gasteiger partial charge in [0.15, 0.2) is 6.61 Å². The number of nitrogens with zero attached hydrogens (tertiary/aromatic N) is 1. The van der Waals surface area contributed by atoms with Crippen molar-refractivity contribution >= 4 is 5.97 Å². The Kier molecular flexibility index (Phi) is 8.35. The van der Waals surface area contributed by atoms with Gasteiger partial charge >= 0.3 is 5.97 Å². The first-order chi connectivity index (χ1) is 20.6. The smallest absolute Gasteiger partial charge is 0.349 e. The Morgan fingerprint density at radius 1 is 0.930 bits per heavy atom. The number of benzene rings is 4. The Morgan fingerprint density at radius 3 is 2.40 bits per heavy atom. The van der Waals surface area contributed by atoms with Crippen LogP contribution in [0.25, 0.3) is 0 Å². The zero-order valence-electron chi connectivity index (χ0n) is 24.1. The molecule has 1 atom stereocenters. The first-order valence-electron chi connectivity index (χ1n) is 13.7. The van der Waals surface area contributed by atoms with Crippen molar-refractivity contribution in [2.45, 2.75) is 38.7 Å². The summed E-state index contributed by atoms with van der Waals surface area (Å²) < 4.78 is 36.8. The summed E-state index contributed by atoms with van der Waals surface area (Å²) in [4.78, 5) is 12.5. The highest BCUT2D eigenvalue weighted by Crippen LogP contribution is 2.44. The normalized spacial score (nSPS) is 14.3. The second-order valence-corrected chi connectivity index (χ2v) is 11.1. The van der Waals surface area contributed by atoms with Gasteiger partial charge in [0.25, 0.3) is 0 Å². The fraction of sp³-hybridized carbons (Fsp3) is 0.200. The Hall–Kier alpha value is -5.29. The fourth-order valence-electron chi connectivity index (χ4n) is 4.76. The lowest BCUT2D eigenvalue weighted by Crippen LogP contribution is -2.21. The van der Waals surface area contributed by atoms with Crippen LogP contribution in [0.2, 0.25) is 0 Å². The first-order valence-corrected chi connectivity index (χ1v) is 13.7. The third kappa shape index (κ3) is 6.79. The molecule has 1 aliphatic rings. The van der Waals surface area contributed by atoms with Crippen LogP contribution in [0.5, 0.6) is 23.0 Å². The van der Waals surface area contributed by atoms with Crippen molar-refractivity contribution in [2.75, 3.05) is 6.61 Å². The van der Waals surface area contributed by atoms with E-state index in [2.05, 4.69) is 26.8 Å². The lowest BCUT2D eigenvalue weighted by molar-refractivity contribution is -0.136. The number of hydrogen-bond donors (Lipinski definition) is 1. The maximum absolute atomic E-state index is 14.1. The molecule has 0 spiro atoms. The molecule has 1 heterocycles. The lowest BCUT2D eigenvalue weighted by atomic mass is 9.83. The molecule has 0 fully saturated rings. The van der Waals surface area contributed by atoms with Crippen LogP contribution in [0.3, 0.4) is 0 Å². The highest BCUT2D eigenvalue weighted by atomic mass is 19.1. The van der Waals surface area contributed by atoms with Crippen LogP contribution in [0.15, 0.2) is 102 Å². The number of nitriles is 1. The number of ether oxygens (including phenoxy) is 4. The topological polar surface area (TPSA) is 104 Å². The minimum absolute atomic E-state index is 0.0111. The molecule has 1 aliphatic heterocycles. The van der Waals surface area contributed by atoms with Crippen LogP contribution >= 0.6 is 0 Å². The van der Waals surface area contributed by atoms with Crippen molar-refractivity contribution in [1.82, 2.24) is 0 Å². The average molecular weight is 579 g/mol. The predicted octanol–water partition coefficient (Wildman–Crippen LogP) is 6.90. The van der Waals surface area contributed by atoms with E-state index in [0.29, 0.717) is 28.4 Å². The number of esters is 1. The summed E-state index contributed by atoms with van der Waals surface area (Å²) in [6.07, 6.45) is 0. The van der Waals surface area contributed by atoms with E-state index in [9.17, 15) is 14.4 Å². The van der Waals surface area contributed by atoms with Crippen molar-refractivity contribution in [1.29, 1.82) is 5.26 Å². The van der Waals surface area contributed by atoms with Gasteiger partial charge in [-0.3, -0.25) is 0 Å². The summed E-state index contributed by atoms with van der Waals surface area (Å²) in [5.41, 5.74) is 9.37. The second-order valence-electron chi connectivity index (χ2n) is 11.1. The van der Waals surface area contributed by atoms with Gasteiger partial charge in [0.05, 0.1) is 5.92 Å². The molecule has 43 heavy (non-hydrogen) atoms. The third-order valence-corrected chi connectivity index (χ3v) is 7.04. The molecule has 0 saturated heterocycles. The quantitative estimate of drug-likeness (QED) is 0.179. The first kappa shape index (κ1) is 29.2. The monoisotopic (exact) mass is 578 g/mol. The number of carbonyl (C=O) groups excluding carboxylic acids is 1. The summed E-state index contributed by atoms with van der Waals surface area (Å²) in [7, 11) is 0. The van der Waals surface area contributed by atoms with Crippen molar-refractivity contribution in [3.05, 3.63) is 131 Å². The van der Waals surface area contributed by atoms with Crippen LogP contribution in [0.4, 0.5) is 4.39 Å². The fourth-order valence-corrected chi connectivity index (χ4v) is 4.76. The maximum Gasteiger partial charge on any atom is 0.349 e. The summed E-state index contributed by atoms with van der Waals surface area (Å²) in [5.74, 6) is 0.1000. The van der Waals surface area contributed by atoms with E-state index in [-0.39, 0.29) is 41.7 Å². The van der Waals surface area contributed by atoms with E-state index in [1.54, 1.807) is 54.6 Å². The second kappa shape index (κ2) is 12.3. The van der Waals surface area contributed by atoms with Gasteiger partial charge in [-0.25, -0.2) is 9.18 Å². The molecule has 1 unspecified atom stereocenters. The molecule has 0 aliphatic carbocycles. The van der Waals surface area contributed by atoms with Crippen LogP contribution in [-0.4, -0.2) is 12.6 Å². The Labute approximate surface area is 249 Å². The van der Waals surface area contributed by atoms with Crippen LogP contribution in [0.1, 0.15) is 48.9 Å². The summed E-state index contributed by atoms with van der Waals surface area (Å²) in [5, 5.41) is 9.93. The van der Waals surface area contributed by atoms with Gasteiger partial charge in [-0.05, 0) is 52.9 Å². The number of nitrogens with two attached hydrogens (primary N) is 1. The van der Waals surface area contributed by atoms with Gasteiger partial charge < -0.3 is 24.7 Å². The highest BCUT2D eigenvalue weighted by molar-refractivity contribution is 5.74. The van der Waals surface area contributed by atoms with E-state index in [0.717, 1.165) is 11.1 Å². The molecule has 0 radical (unpaired) electrons. The Balaban J connectivity index is 1.30. The summed E-state index contributed by atoms with van der Waals surface area (Å²) >= 11 is 0. The molecule has 4 aromatic rings. The molecule has 7 nitrogen and oxygen atoms in total. The minimum atomic E-state index is -0.590. The highest BCUT2D eigenvalue weighted by Gasteiger charge is 2.31. The predicted molar refractivity (Wildman–Crippen MR) is 159 cm³/mol. The van der Waals surface area contributed by atoms with E-state index in [4.69, 9.17) is 24.7 Å². The summed E-state index contributed by atoms with van der Waals surface area (Å²) in [6, 6.07) is 28.2. The molecular formula is C35H31FN2O5. The lowest BCUT2D eigenvalue weighted by Gasteiger charge is -2.27. The van der Waals surface area contributed by atoms with E-state index < -0.39 is 11.9 Å². The van der Waals surface area contributed by atoms with Crippen molar-refractivity contribution in [3.8, 4) is 29.1 Å². The number of carbonyl (C=O) groups is 1. The number of rotatable bonds is 8. The molecule has 2 N–H and O–H groups in total. The Morgan fingerprint density at radius 2 is 1.67 bits per heavy atom. The van der Waals surface area contributed by atoms with E-state index >= 15 is 0 Å². The van der Waals surface area contributed by atoms with Gasteiger partial charge in [0.2, 0.25) is 5.88 Å². The molecule has 0 amide bonds. The van der Waals surface area contributed by atoms with Crippen molar-refractivity contribution < 1.29 is 28.1 Å². The van der Waals surface area contributed by atoms with Gasteiger partial charge in [-0.15, -0.1) is 0 Å². The molecular weight excluding hydrogens is 547 g/mol. The molecule has 218 valence electrons. The standard InChI is InChI=1S/C35H31FN2O5/c1-35(2,3)24-11-13-25(14-12-24)41-21-32(39)42-27-15-16-28-31(18-27)43-34(38)29(19-37)33(28)22-8-6-9-26(17-22)40-20-23-7-4-5-10-30(23)36/h4-18,33H,20-21,38H2,1-3H3. The minimum Gasteiger partial charge on any atom is -0.489 e. The van der Waals surface area contributed by atoms with Gasteiger partial charge in [-0.1, -0.05) is 69.3 Å². The molecule has 0 bridgehead atoms. The number of fused-ring (bicyclic) bond motifs is 1. The molecule has 8 heteroatoms. The van der Waals surface area contributed by atoms with E-state index in [1.807, 2.05) is 30.3 Å². The summed E-state index contributed by atoms with van der Waals surface area (Å²) in [6.45, 7) is 6.13. The van der Waals surface area contributed by atoms with Crippen molar-refractivity contribution in [2.24, 2.45) is 5.73 Å². The number of hydrogen-bond acceptors (Lipinski definition) is 7. The molecule has 4 aromatic carbocycles. The average Bonchev–Trinajstić information content (AvgIpc) is 2.99. The van der Waals surface area contributed by atoms with Gasteiger partial charge in [0, 0.05) is 17.2 Å². The number of allylic oxidation sites excluding steroid dienone is 1. The van der Waals surface area contributed by atoms with Gasteiger partial charge in [-0.2, -0.15) is 5.26 Å². The third-order valence-electron chi connectivity index (χ3n) is 7.04. The molecule has 0 saturated carbocycles. The van der Waals surface area contributed by atoms with E-state index in [1.165, 1.54) is 6.07 Å². The van der Waals surface area contributed by atoms with Crippen LogP contribution < -0.4 is 24.7 Å². The Bertz CT molecular complexity index is 1720.